The molecule has 0 rings (SSSR count). The molecule has 0 N–H and O–H groups in total. The minimum atomic E-state index is 0.507. The zero-order valence-corrected chi connectivity index (χ0v) is 3.74. The van der Waals surface area contributed by atoms with Crippen molar-refractivity contribution in [3.63, 3.8) is 0 Å². The highest BCUT2D eigenvalue weighted by atomic mass is 28.1. The van der Waals surface area contributed by atoms with Crippen LogP contribution >= 0.6 is 0 Å². The highest BCUT2D eigenvalue weighted by Crippen LogP contribution is 1.73. The molecule has 0 aliphatic heterocycles. The molecule has 0 nitrogen and oxygen atoms in total. The van der Waals surface area contributed by atoms with E-state index in [2.05, 4.69) is 10.2 Å². The zero-order chi connectivity index (χ0) is 4.12. The van der Waals surface area contributed by atoms with Crippen molar-refractivity contribution in [1.29, 1.82) is 0 Å². The van der Waals surface area contributed by atoms with E-state index in [1.807, 2.05) is 0 Å². The van der Waals surface area contributed by atoms with Gasteiger partial charge in [0.25, 0.3) is 0 Å². The van der Waals surface area contributed by atoms with Crippen molar-refractivity contribution in [2.45, 2.75) is 6.04 Å². The summed E-state index contributed by atoms with van der Waals surface area (Å²) in [6.45, 7) is 0. The Morgan fingerprint density at radius 2 is 2.40 bits per heavy atom. The van der Waals surface area contributed by atoms with Gasteiger partial charge in [-0.25, -0.2) is 4.39 Å². The van der Waals surface area contributed by atoms with Crippen molar-refractivity contribution < 1.29 is 4.39 Å². The minimum absolute atomic E-state index is 0.507. The van der Waals surface area contributed by atoms with Gasteiger partial charge in [0.05, 0.1) is 6.33 Å². The molecule has 2 heteroatoms. The van der Waals surface area contributed by atoms with Gasteiger partial charge in [-0.2, -0.15) is 0 Å². The zero-order valence-electron chi connectivity index (χ0n) is 2.74. The van der Waals surface area contributed by atoms with Crippen molar-refractivity contribution in [1.82, 2.24) is 0 Å². The molecule has 0 saturated carbocycles. The molecule has 0 aromatic heterocycles. The van der Waals surface area contributed by atoms with Crippen LogP contribution in [0.5, 0.6) is 0 Å². The maximum Gasteiger partial charge on any atom is 0.0823 e. The monoisotopic (exact) mass is 87.0 g/mol. The Kier molecular flexibility index (Phi) is 3.80. The maximum absolute atomic E-state index is 10.8. The third kappa shape index (κ3) is 3.89. The molecule has 3 radical (unpaired) electrons. The third-order valence-electron chi connectivity index (χ3n) is 0.207. The van der Waals surface area contributed by atoms with E-state index < -0.39 is 0 Å². The number of rotatable bonds is 1. The van der Waals surface area contributed by atoms with Crippen LogP contribution in [0.1, 0.15) is 0 Å². The second-order valence-electron chi connectivity index (χ2n) is 0.566. The molecule has 5 heavy (non-hydrogen) atoms. The van der Waals surface area contributed by atoms with Crippen molar-refractivity contribution >= 4 is 10.2 Å². The number of hydrogen-bond acceptors (Lipinski definition) is 0. The van der Waals surface area contributed by atoms with Crippen LogP contribution in [0.3, 0.4) is 0 Å². The molecule has 0 saturated heterocycles. The van der Waals surface area contributed by atoms with Gasteiger partial charge in [0, 0.05) is 10.2 Å². The highest BCUT2D eigenvalue weighted by Gasteiger charge is 1.56. The van der Waals surface area contributed by atoms with Crippen LogP contribution in [0, 0.1) is 0 Å². The average molecular weight is 87.1 g/mol. The van der Waals surface area contributed by atoms with Crippen molar-refractivity contribution in [2.75, 3.05) is 0 Å². The van der Waals surface area contributed by atoms with Crippen LogP contribution in [-0.2, 0) is 0 Å². The average Bonchev–Trinajstić information content (AvgIpc) is 1.41. The van der Waals surface area contributed by atoms with Gasteiger partial charge in [-0.1, -0.05) is 6.08 Å². The molecule has 27 valence electrons. The lowest BCUT2D eigenvalue weighted by molar-refractivity contribution is 0.719. The number of halogens is 1. The van der Waals surface area contributed by atoms with Gasteiger partial charge < -0.3 is 0 Å². The van der Waals surface area contributed by atoms with Gasteiger partial charge >= 0.3 is 0 Å². The predicted octanol–water partition coefficient (Wildman–Crippen LogP) is 1.06. The molecule has 0 aliphatic carbocycles. The largest absolute Gasteiger partial charge is 0.216 e. The summed E-state index contributed by atoms with van der Waals surface area (Å²) in [6, 6.07) is 0.594. The summed E-state index contributed by atoms with van der Waals surface area (Å²) in [5.41, 5.74) is 0. The summed E-state index contributed by atoms with van der Waals surface area (Å²) >= 11 is 0. The quantitative estimate of drug-likeness (QED) is 0.419. The molecule has 0 aromatic carbocycles. The summed E-state index contributed by atoms with van der Waals surface area (Å²) < 4.78 is 10.8. The number of hydrogen-bond donors (Lipinski definition) is 0. The molecule has 0 unspecified atom stereocenters. The van der Waals surface area contributed by atoms with E-state index in [0.717, 1.165) is 0 Å². The lowest BCUT2D eigenvalue weighted by Crippen LogP contribution is -1.50. The van der Waals surface area contributed by atoms with Crippen LogP contribution in [0.25, 0.3) is 0 Å². The third-order valence-corrected chi connectivity index (χ3v) is 0.443. The predicted molar refractivity (Wildman–Crippen MR) is 20.8 cm³/mol. The Morgan fingerprint density at radius 3 is 2.40 bits per heavy atom. The Balaban J connectivity index is 2.62. The second-order valence-corrected chi connectivity index (χ2v) is 0.974. The maximum atomic E-state index is 10.8. The Morgan fingerprint density at radius 1 is 1.80 bits per heavy atom. The van der Waals surface area contributed by atoms with Gasteiger partial charge in [0.2, 0.25) is 0 Å². The molecular weight excluding hydrogens is 83.1 g/mol. The van der Waals surface area contributed by atoms with E-state index in [9.17, 15) is 4.39 Å². The summed E-state index contributed by atoms with van der Waals surface area (Å²) in [6.07, 6.45) is 1.88. The number of allylic oxidation sites excluding steroid dienone is 1. The van der Waals surface area contributed by atoms with Gasteiger partial charge in [-0.05, 0) is 6.04 Å². The molecule has 0 bridgehead atoms. The van der Waals surface area contributed by atoms with E-state index in [4.69, 9.17) is 0 Å². The van der Waals surface area contributed by atoms with Crippen LogP contribution < -0.4 is 0 Å². The lowest BCUT2D eigenvalue weighted by atomic mass is 10.7. The Labute approximate surface area is 34.1 Å². The van der Waals surface area contributed by atoms with Crippen LogP contribution in [0.2, 0.25) is 6.04 Å². The molecule has 0 heterocycles. The first-order valence-corrected chi connectivity index (χ1v) is 2.02. The second kappa shape index (κ2) is 3.89. The fraction of sp³-hybridized carbons (Fsp3) is 0.333. The van der Waals surface area contributed by atoms with Crippen molar-refractivity contribution in [3.05, 3.63) is 12.4 Å². The molecule has 0 amide bonds. The van der Waals surface area contributed by atoms with Gasteiger partial charge in [0.1, 0.15) is 0 Å². The van der Waals surface area contributed by atoms with Crippen LogP contribution in [-0.4, -0.2) is 10.2 Å². The molecule has 0 atom stereocenters. The van der Waals surface area contributed by atoms with Gasteiger partial charge in [-0.3, -0.25) is 0 Å². The molecule has 0 fully saturated rings. The smallest absolute Gasteiger partial charge is 0.0823 e. The SMILES string of the molecule is FC=CC[Si]. The van der Waals surface area contributed by atoms with Crippen LogP contribution in [0.15, 0.2) is 12.4 Å². The standard InChI is InChI=1S/C3H4FSi/c4-2-1-3-5/h1-2H,3H2. The minimum Gasteiger partial charge on any atom is -0.216 e. The van der Waals surface area contributed by atoms with Crippen molar-refractivity contribution in [3.8, 4) is 0 Å². The first-order chi connectivity index (χ1) is 2.41. The van der Waals surface area contributed by atoms with E-state index in [-0.39, 0.29) is 0 Å². The normalized spacial score (nSPS) is 10.0. The van der Waals surface area contributed by atoms with Crippen molar-refractivity contribution in [2.24, 2.45) is 0 Å². The molecular formula is C3H4FSi. The molecule has 0 aromatic rings. The summed E-state index contributed by atoms with van der Waals surface area (Å²) in [7, 11) is 3.02. The fourth-order valence-corrected chi connectivity index (χ4v) is 0.134. The summed E-state index contributed by atoms with van der Waals surface area (Å²) in [5.74, 6) is 0. The fourth-order valence-electron chi connectivity index (χ4n) is 0.0445. The topological polar surface area (TPSA) is 0 Å². The Hall–Kier alpha value is -0.113. The highest BCUT2D eigenvalue weighted by molar-refractivity contribution is 6.09. The van der Waals surface area contributed by atoms with E-state index >= 15 is 0 Å². The van der Waals surface area contributed by atoms with Gasteiger partial charge in [-0.15, -0.1) is 0 Å². The van der Waals surface area contributed by atoms with E-state index in [1.54, 1.807) is 0 Å². The van der Waals surface area contributed by atoms with E-state index in [1.165, 1.54) is 6.08 Å². The first-order valence-electron chi connectivity index (χ1n) is 1.31. The van der Waals surface area contributed by atoms with Crippen LogP contribution in [0.4, 0.5) is 4.39 Å². The van der Waals surface area contributed by atoms with Gasteiger partial charge in [0.15, 0.2) is 0 Å². The molecule has 0 spiro atoms. The van der Waals surface area contributed by atoms with E-state index in [0.29, 0.717) is 12.4 Å². The Bertz CT molecular complexity index is 33.9. The lowest BCUT2D eigenvalue weighted by Gasteiger charge is -1.61. The summed E-state index contributed by atoms with van der Waals surface area (Å²) in [5, 5.41) is 0. The first kappa shape index (κ1) is 4.89. The molecule has 0 aliphatic rings. The summed E-state index contributed by atoms with van der Waals surface area (Å²) in [4.78, 5) is 0.